The first-order valence-electron chi connectivity index (χ1n) is 14.0. The van der Waals surface area contributed by atoms with Gasteiger partial charge in [-0.2, -0.15) is 0 Å². The highest BCUT2D eigenvalue weighted by Gasteiger charge is 2.23. The summed E-state index contributed by atoms with van der Waals surface area (Å²) >= 11 is 1.58. The Balaban J connectivity index is 0.000000197. The third-order valence-corrected chi connectivity index (χ3v) is 8.15. The number of aromatic nitrogens is 1. The molecule has 2 N–H and O–H groups in total. The monoisotopic (exact) mass is 616 g/mol. The fraction of sp³-hybridized carbons (Fsp3) is 0.235. The Bertz CT molecular complexity index is 1770. The Morgan fingerprint density at radius 1 is 0.955 bits per heavy atom. The molecule has 0 atom stereocenters. The Morgan fingerprint density at radius 3 is 2.27 bits per heavy atom. The van der Waals surface area contributed by atoms with Gasteiger partial charge in [-0.1, -0.05) is 11.9 Å². The van der Waals surface area contributed by atoms with Crippen molar-refractivity contribution in [3.63, 3.8) is 0 Å². The molecule has 0 radical (unpaired) electrons. The predicted octanol–water partition coefficient (Wildman–Crippen LogP) is 7.50. The van der Waals surface area contributed by atoms with Gasteiger partial charge in [0.25, 0.3) is 11.8 Å². The molecule has 0 unspecified atom stereocenters. The van der Waals surface area contributed by atoms with Crippen LogP contribution < -0.4 is 9.62 Å². The molecule has 1 aliphatic rings. The van der Waals surface area contributed by atoms with Crippen molar-refractivity contribution in [1.29, 1.82) is 0 Å². The van der Waals surface area contributed by atoms with Crippen LogP contribution in [0, 0.1) is 24.5 Å². The summed E-state index contributed by atoms with van der Waals surface area (Å²) in [7, 11) is 3.53. The molecule has 7 nitrogen and oxygen atoms in total. The Kier molecular flexibility index (Phi) is 10.7. The molecular weight excluding hydrogens is 582 g/mol. The van der Waals surface area contributed by atoms with Gasteiger partial charge in [0.05, 0.1) is 16.8 Å². The normalized spacial score (nSPS) is 12.6. The maximum Gasteiger partial charge on any atom is 0.256 e. The van der Waals surface area contributed by atoms with Gasteiger partial charge in [0.2, 0.25) is 0 Å². The van der Waals surface area contributed by atoms with Gasteiger partial charge in [-0.25, -0.2) is 8.78 Å². The van der Waals surface area contributed by atoms with Gasteiger partial charge in [0.1, 0.15) is 23.0 Å². The predicted molar refractivity (Wildman–Crippen MR) is 175 cm³/mol. The van der Waals surface area contributed by atoms with Crippen molar-refractivity contribution in [2.45, 2.75) is 19.3 Å². The number of terminal acetylenes is 1. The zero-order valence-electron chi connectivity index (χ0n) is 24.8. The van der Waals surface area contributed by atoms with E-state index >= 15 is 0 Å². The number of anilines is 1. The number of aromatic amines is 1. The standard InChI is InChI=1S/C18H17FN2O2S.C14H15FN2O.C2H2/c1-20-18(22)16-14-9-8-13(21(2)24-3)10-15(14)23-17(16)11-4-6-12(19)7-5-11;15-10-4-5-11-12(9-16-13(11)8-10)14(18)17-6-2-1-3-7-17;1-2/h4-10H,1-3H3,(H,20,22);4-5,8-9,16H,1-3,6-7H2;1-2H. The molecule has 5 aromatic rings. The number of fused-ring (bicyclic) bond motifs is 2. The van der Waals surface area contributed by atoms with Crippen molar-refractivity contribution in [2.24, 2.45) is 0 Å². The minimum atomic E-state index is -0.333. The third-order valence-electron chi connectivity index (χ3n) is 7.39. The number of H-pyrrole nitrogens is 1. The molecule has 44 heavy (non-hydrogen) atoms. The number of amides is 2. The first-order chi connectivity index (χ1) is 21.3. The van der Waals surface area contributed by atoms with Crippen LogP contribution in [0.5, 0.6) is 0 Å². The van der Waals surface area contributed by atoms with E-state index in [0.717, 1.165) is 42.4 Å². The number of benzene rings is 3. The maximum absolute atomic E-state index is 13.2. The molecule has 2 aromatic heterocycles. The second-order valence-electron chi connectivity index (χ2n) is 10.00. The largest absolute Gasteiger partial charge is 0.455 e. The number of halogens is 2. The highest BCUT2D eigenvalue weighted by molar-refractivity contribution is 7.99. The first kappa shape index (κ1) is 32.2. The minimum absolute atomic E-state index is 0.0487. The molecule has 3 aromatic carbocycles. The lowest BCUT2D eigenvalue weighted by atomic mass is 10.0. The van der Waals surface area contributed by atoms with Gasteiger partial charge < -0.3 is 23.9 Å². The van der Waals surface area contributed by atoms with Crippen LogP contribution >= 0.6 is 11.9 Å². The second kappa shape index (κ2) is 14.6. The lowest BCUT2D eigenvalue weighted by molar-refractivity contribution is 0.0726. The van der Waals surface area contributed by atoms with Crippen LogP contribution in [-0.2, 0) is 0 Å². The van der Waals surface area contributed by atoms with E-state index in [-0.39, 0.29) is 23.4 Å². The number of piperidine rings is 1. The highest BCUT2D eigenvalue weighted by atomic mass is 32.2. The zero-order valence-corrected chi connectivity index (χ0v) is 25.6. The van der Waals surface area contributed by atoms with Gasteiger partial charge in [0, 0.05) is 67.6 Å². The van der Waals surface area contributed by atoms with Crippen LogP contribution in [0.1, 0.15) is 40.0 Å². The van der Waals surface area contributed by atoms with Crippen LogP contribution in [0.3, 0.4) is 0 Å². The molecule has 2 amide bonds. The summed E-state index contributed by atoms with van der Waals surface area (Å²) in [5.41, 5.74) is 4.02. The number of carbonyl (C=O) groups excluding carboxylic acids is 2. The number of nitrogens with zero attached hydrogens (tertiary/aromatic N) is 2. The van der Waals surface area contributed by atoms with Crippen LogP contribution in [0.2, 0.25) is 0 Å². The molecule has 6 rings (SSSR count). The summed E-state index contributed by atoms with van der Waals surface area (Å²) in [6, 6.07) is 16.1. The molecule has 3 heterocycles. The van der Waals surface area contributed by atoms with Gasteiger partial charge in [-0.05, 0) is 73.9 Å². The van der Waals surface area contributed by atoms with E-state index < -0.39 is 0 Å². The average molecular weight is 617 g/mol. The number of nitrogens with one attached hydrogen (secondary N) is 2. The van der Waals surface area contributed by atoms with Crippen LogP contribution in [-0.4, -0.2) is 55.1 Å². The number of hydrogen-bond donors (Lipinski definition) is 2. The minimum Gasteiger partial charge on any atom is -0.455 e. The average Bonchev–Trinajstić information content (AvgIpc) is 3.66. The molecule has 228 valence electrons. The Morgan fingerprint density at radius 2 is 1.61 bits per heavy atom. The first-order valence-corrected chi connectivity index (χ1v) is 15.2. The quantitative estimate of drug-likeness (QED) is 0.158. The van der Waals surface area contributed by atoms with E-state index in [0.29, 0.717) is 33.6 Å². The lowest BCUT2D eigenvalue weighted by Crippen LogP contribution is -2.35. The fourth-order valence-electron chi connectivity index (χ4n) is 5.08. The van der Waals surface area contributed by atoms with Crippen molar-refractivity contribution < 1.29 is 22.8 Å². The second-order valence-corrected chi connectivity index (χ2v) is 10.9. The van der Waals surface area contributed by atoms with E-state index in [4.69, 9.17) is 4.42 Å². The van der Waals surface area contributed by atoms with Crippen molar-refractivity contribution in [2.75, 3.05) is 37.7 Å². The Hall–Kier alpha value is -4.75. The highest BCUT2D eigenvalue weighted by Crippen LogP contribution is 2.36. The van der Waals surface area contributed by atoms with Crippen molar-refractivity contribution >= 4 is 51.3 Å². The Labute approximate surface area is 259 Å². The number of likely N-dealkylation sites (tertiary alicyclic amines) is 1. The van der Waals surface area contributed by atoms with Crippen molar-refractivity contribution in [1.82, 2.24) is 15.2 Å². The van der Waals surface area contributed by atoms with Gasteiger partial charge in [-0.3, -0.25) is 9.59 Å². The van der Waals surface area contributed by atoms with Gasteiger partial charge >= 0.3 is 0 Å². The van der Waals surface area contributed by atoms with Crippen LogP contribution in [0.15, 0.2) is 71.3 Å². The van der Waals surface area contributed by atoms with Crippen molar-refractivity contribution in [3.8, 4) is 24.2 Å². The van der Waals surface area contributed by atoms with Crippen LogP contribution in [0.25, 0.3) is 33.2 Å². The zero-order chi connectivity index (χ0) is 31.8. The molecule has 1 fully saturated rings. The lowest BCUT2D eigenvalue weighted by Gasteiger charge is -2.26. The third kappa shape index (κ3) is 6.90. The molecular formula is C34H34F2N4O3S. The van der Waals surface area contributed by atoms with E-state index in [1.54, 1.807) is 43.4 Å². The van der Waals surface area contributed by atoms with Crippen LogP contribution in [0.4, 0.5) is 14.5 Å². The molecule has 0 aliphatic carbocycles. The number of hydrogen-bond acceptors (Lipinski definition) is 5. The summed E-state index contributed by atoms with van der Waals surface area (Å²) in [5.74, 6) is -0.374. The molecule has 1 saturated heterocycles. The van der Waals surface area contributed by atoms with E-state index in [1.807, 2.05) is 40.7 Å². The number of rotatable bonds is 5. The summed E-state index contributed by atoms with van der Waals surface area (Å²) in [4.78, 5) is 29.6. The molecule has 1 aliphatic heterocycles. The van der Waals surface area contributed by atoms with Crippen molar-refractivity contribution in [3.05, 3.63) is 89.6 Å². The molecule has 0 saturated carbocycles. The molecule has 0 bridgehead atoms. The maximum atomic E-state index is 13.2. The summed E-state index contributed by atoms with van der Waals surface area (Å²) in [6.45, 7) is 1.65. The van der Waals surface area contributed by atoms with E-state index in [1.165, 1.54) is 30.7 Å². The SMILES string of the molecule is C#C.CNC(=O)c1c(-c2ccc(F)cc2)oc2cc(N(C)SC)ccc12.O=C(c1c[nH]c2cc(F)ccc12)N1CCCCC1. The van der Waals surface area contributed by atoms with E-state index in [2.05, 4.69) is 23.1 Å². The van der Waals surface area contributed by atoms with E-state index in [9.17, 15) is 18.4 Å². The smallest absolute Gasteiger partial charge is 0.256 e. The summed E-state index contributed by atoms with van der Waals surface area (Å²) in [5, 5.41) is 4.17. The van der Waals surface area contributed by atoms with Gasteiger partial charge in [0.15, 0.2) is 0 Å². The number of carbonyl (C=O) groups is 2. The molecule has 10 heteroatoms. The fourth-order valence-corrected chi connectivity index (χ4v) is 5.41. The summed E-state index contributed by atoms with van der Waals surface area (Å²) < 4.78 is 34.2. The topological polar surface area (TPSA) is 81.6 Å². The molecule has 0 spiro atoms. The number of furan rings is 1. The van der Waals surface area contributed by atoms with Gasteiger partial charge in [-0.15, -0.1) is 12.8 Å². The summed E-state index contributed by atoms with van der Waals surface area (Å²) in [6.07, 6.45) is 15.0.